The fourth-order valence-electron chi connectivity index (χ4n) is 4.97. The molecule has 3 heterocycles. The number of thiocarbonyl (C=S) groups is 1. The molecule has 3 aliphatic heterocycles. The van der Waals surface area contributed by atoms with Crippen LogP contribution in [0, 0.1) is 0 Å². The molecule has 33 heavy (non-hydrogen) atoms. The number of nitrogens with zero attached hydrogens (tertiary/aromatic N) is 3. The molecule has 0 atom stereocenters. The third-order valence-corrected chi connectivity index (χ3v) is 7.02. The Morgan fingerprint density at radius 2 is 1.58 bits per heavy atom. The molecule has 1 aromatic rings. The molecule has 0 unspecified atom stereocenters. The summed E-state index contributed by atoms with van der Waals surface area (Å²) in [7, 11) is 0. The quantitative estimate of drug-likeness (QED) is 0.272. The van der Waals surface area contributed by atoms with Gasteiger partial charge >= 0.3 is 0 Å². The second-order valence-electron chi connectivity index (χ2n) is 8.51. The van der Waals surface area contributed by atoms with E-state index >= 15 is 0 Å². The predicted molar refractivity (Wildman–Crippen MR) is 138 cm³/mol. The Labute approximate surface area is 201 Å². The lowest BCUT2D eigenvalue weighted by atomic mass is 9.88. The van der Waals surface area contributed by atoms with E-state index < -0.39 is 0 Å². The summed E-state index contributed by atoms with van der Waals surface area (Å²) in [6.07, 6.45) is 13.7. The van der Waals surface area contributed by atoms with Gasteiger partial charge in [-0.05, 0) is 92.2 Å². The van der Waals surface area contributed by atoms with E-state index in [0.717, 1.165) is 31.5 Å². The number of aryl methyl sites for hydroxylation is 2. The highest BCUT2D eigenvalue weighted by molar-refractivity contribution is 7.80. The molecular weight excluding hydrogens is 430 g/mol. The van der Waals surface area contributed by atoms with Crippen molar-refractivity contribution in [2.45, 2.75) is 39.5 Å². The van der Waals surface area contributed by atoms with Crippen LogP contribution in [0.3, 0.4) is 0 Å². The van der Waals surface area contributed by atoms with Gasteiger partial charge in [0.15, 0.2) is 5.11 Å². The van der Waals surface area contributed by atoms with Crippen molar-refractivity contribution >= 4 is 40.4 Å². The van der Waals surface area contributed by atoms with E-state index in [-0.39, 0.29) is 22.5 Å². The third kappa shape index (κ3) is 4.32. The highest BCUT2D eigenvalue weighted by Crippen LogP contribution is 2.37. The van der Waals surface area contributed by atoms with E-state index in [1.807, 2.05) is 32.1 Å². The minimum Gasteiger partial charge on any atom is -0.371 e. The van der Waals surface area contributed by atoms with Gasteiger partial charge in [-0.3, -0.25) is 19.4 Å². The van der Waals surface area contributed by atoms with Gasteiger partial charge in [0.05, 0.1) is 0 Å². The van der Waals surface area contributed by atoms with Gasteiger partial charge < -0.3 is 4.90 Å². The molecule has 5 nitrogen and oxygen atoms in total. The van der Waals surface area contributed by atoms with Gasteiger partial charge in [-0.2, -0.15) is 0 Å². The monoisotopic (exact) mass is 461 g/mol. The van der Waals surface area contributed by atoms with Gasteiger partial charge in [0.25, 0.3) is 11.8 Å². The minimum atomic E-state index is -0.340. The van der Waals surface area contributed by atoms with Crippen LogP contribution in [0.2, 0.25) is 0 Å². The first kappa shape index (κ1) is 23.2. The molecule has 3 aliphatic rings. The fraction of sp³-hybridized carbons (Fsp3) is 0.370. The highest BCUT2D eigenvalue weighted by atomic mass is 32.1. The number of allylic oxidation sites excluding steroid dienone is 6. The number of carbonyl (C=O) groups excluding carboxylic acids is 2. The number of hydrogen-bond acceptors (Lipinski definition) is 4. The standard InChI is InChI=1S/C27H31N3O2S/c1-4-19(22-17-20-12-9-15-28-16-10-13-21(18-22)24(20)28)11-7-8-14-23-25(31)29(5-2)27(33)30(6-3)26(23)32/h4,7-8,11,14,17-18H,1,5-6,9-10,12-13,15-16H2,2-3H3/b8-7+,19-11+. The van der Waals surface area contributed by atoms with Crippen LogP contribution in [0.25, 0.3) is 5.57 Å². The van der Waals surface area contributed by atoms with Crippen molar-refractivity contribution in [1.82, 2.24) is 9.80 Å². The lowest BCUT2D eigenvalue weighted by molar-refractivity contribution is -0.133. The van der Waals surface area contributed by atoms with Crippen molar-refractivity contribution in [2.75, 3.05) is 31.1 Å². The molecule has 0 N–H and O–H groups in total. The SMILES string of the molecule is C=C/C(=C\C=C\C=C1C(=O)N(CC)C(=S)N(CC)C1=O)c1cc2c3c(c1)CCCN3CCC2. The Morgan fingerprint density at radius 1 is 1.00 bits per heavy atom. The van der Waals surface area contributed by atoms with Crippen LogP contribution in [-0.4, -0.2) is 52.9 Å². The van der Waals surface area contributed by atoms with Crippen LogP contribution in [0.15, 0.2) is 54.7 Å². The van der Waals surface area contributed by atoms with E-state index in [4.69, 9.17) is 12.2 Å². The lowest BCUT2D eigenvalue weighted by Gasteiger charge is -2.37. The zero-order valence-electron chi connectivity index (χ0n) is 19.5. The van der Waals surface area contributed by atoms with Crippen molar-refractivity contribution in [3.8, 4) is 0 Å². The van der Waals surface area contributed by atoms with Gasteiger partial charge in [-0.25, -0.2) is 0 Å². The Morgan fingerprint density at radius 3 is 2.09 bits per heavy atom. The third-order valence-electron chi connectivity index (χ3n) is 6.58. The van der Waals surface area contributed by atoms with E-state index in [0.29, 0.717) is 13.1 Å². The summed E-state index contributed by atoms with van der Waals surface area (Å²) in [5.41, 5.74) is 6.65. The van der Waals surface area contributed by atoms with Gasteiger partial charge in [0.2, 0.25) is 0 Å². The number of hydrogen-bond donors (Lipinski definition) is 0. The second-order valence-corrected chi connectivity index (χ2v) is 8.88. The van der Waals surface area contributed by atoms with Gasteiger partial charge in [-0.15, -0.1) is 0 Å². The maximum Gasteiger partial charge on any atom is 0.265 e. The maximum atomic E-state index is 12.7. The topological polar surface area (TPSA) is 43.9 Å². The van der Waals surface area contributed by atoms with Crippen molar-refractivity contribution in [1.29, 1.82) is 0 Å². The number of rotatable bonds is 6. The lowest BCUT2D eigenvalue weighted by Crippen LogP contribution is -2.55. The Hall–Kier alpha value is -2.99. The van der Waals surface area contributed by atoms with Gasteiger partial charge in [-0.1, -0.05) is 30.9 Å². The summed E-state index contributed by atoms with van der Waals surface area (Å²) in [6, 6.07) is 4.59. The van der Waals surface area contributed by atoms with E-state index in [1.54, 1.807) is 12.2 Å². The molecule has 0 aromatic heterocycles. The number of carbonyl (C=O) groups is 2. The van der Waals surface area contributed by atoms with Crippen LogP contribution in [0.4, 0.5) is 5.69 Å². The number of benzene rings is 1. The number of amides is 2. The normalized spacial score (nSPS) is 18.8. The van der Waals surface area contributed by atoms with Crippen LogP contribution >= 0.6 is 12.2 Å². The molecule has 0 spiro atoms. The molecular formula is C27H31N3O2S. The number of likely N-dealkylation sites (N-methyl/N-ethyl adjacent to an activating group) is 2. The number of anilines is 1. The first-order valence-electron chi connectivity index (χ1n) is 11.8. The predicted octanol–water partition coefficient (Wildman–Crippen LogP) is 4.43. The van der Waals surface area contributed by atoms with Crippen molar-refractivity contribution in [3.05, 3.63) is 71.4 Å². The summed E-state index contributed by atoms with van der Waals surface area (Å²) in [4.78, 5) is 30.9. The molecule has 0 saturated carbocycles. The molecule has 1 fully saturated rings. The molecule has 1 aromatic carbocycles. The first-order chi connectivity index (χ1) is 16.0. The summed E-state index contributed by atoms with van der Waals surface area (Å²) in [5, 5.41) is 0.278. The molecule has 172 valence electrons. The summed E-state index contributed by atoms with van der Waals surface area (Å²) in [6.45, 7) is 10.9. The van der Waals surface area contributed by atoms with Crippen molar-refractivity contribution in [3.63, 3.8) is 0 Å². The molecule has 2 amide bonds. The van der Waals surface area contributed by atoms with E-state index in [1.165, 1.54) is 45.0 Å². The van der Waals surface area contributed by atoms with Crippen molar-refractivity contribution < 1.29 is 9.59 Å². The molecule has 4 rings (SSSR count). The first-order valence-corrected chi connectivity index (χ1v) is 12.2. The smallest absolute Gasteiger partial charge is 0.265 e. The Kier molecular flexibility index (Phi) is 6.94. The highest BCUT2D eigenvalue weighted by Gasteiger charge is 2.37. The van der Waals surface area contributed by atoms with Crippen LogP contribution < -0.4 is 4.90 Å². The molecule has 0 bridgehead atoms. The van der Waals surface area contributed by atoms with Crippen LogP contribution in [0.5, 0.6) is 0 Å². The Bertz CT molecular complexity index is 1040. The molecule has 6 heteroatoms. The maximum absolute atomic E-state index is 12.7. The van der Waals surface area contributed by atoms with Gasteiger partial charge in [0.1, 0.15) is 5.57 Å². The summed E-state index contributed by atoms with van der Waals surface area (Å²) in [5.74, 6) is -0.679. The van der Waals surface area contributed by atoms with Crippen molar-refractivity contribution in [2.24, 2.45) is 0 Å². The summed E-state index contributed by atoms with van der Waals surface area (Å²) >= 11 is 5.31. The minimum absolute atomic E-state index is 0.135. The van der Waals surface area contributed by atoms with E-state index in [2.05, 4.69) is 23.6 Å². The average molecular weight is 462 g/mol. The molecule has 1 saturated heterocycles. The van der Waals surface area contributed by atoms with Crippen LogP contribution in [0.1, 0.15) is 43.4 Å². The van der Waals surface area contributed by atoms with Gasteiger partial charge in [0, 0.05) is 31.9 Å². The summed E-state index contributed by atoms with van der Waals surface area (Å²) < 4.78 is 0. The fourth-order valence-corrected chi connectivity index (χ4v) is 5.39. The zero-order chi connectivity index (χ0) is 23.5. The largest absolute Gasteiger partial charge is 0.371 e. The Balaban J connectivity index is 1.60. The average Bonchev–Trinajstić information content (AvgIpc) is 2.82. The van der Waals surface area contributed by atoms with E-state index in [9.17, 15) is 9.59 Å². The molecule has 0 aliphatic carbocycles. The van der Waals surface area contributed by atoms with Crippen LogP contribution in [-0.2, 0) is 22.4 Å². The zero-order valence-corrected chi connectivity index (χ0v) is 20.3. The second kappa shape index (κ2) is 9.87. The molecule has 0 radical (unpaired) electrons.